The Bertz CT molecular complexity index is 238. The predicted octanol–water partition coefficient (Wildman–Crippen LogP) is 1.80. The largest absolute Gasteiger partial charge is 0.512 e. The van der Waals surface area contributed by atoms with E-state index in [0.717, 1.165) is 0 Å². The van der Waals surface area contributed by atoms with Gasteiger partial charge in [0.1, 0.15) is 0 Å². The van der Waals surface area contributed by atoms with Gasteiger partial charge in [-0.1, -0.05) is 18.2 Å². The van der Waals surface area contributed by atoms with Gasteiger partial charge in [0.15, 0.2) is 6.07 Å². The molecule has 0 aromatic heterocycles. The Kier molecular flexibility index (Phi) is 5.71. The van der Waals surface area contributed by atoms with E-state index in [4.69, 9.17) is 11.6 Å². The van der Waals surface area contributed by atoms with Gasteiger partial charge in [-0.25, -0.2) is 9.59 Å². The summed E-state index contributed by atoms with van der Waals surface area (Å²) in [7, 11) is 0. The highest BCUT2D eigenvalue weighted by Crippen LogP contribution is 2.01. The van der Waals surface area contributed by atoms with Gasteiger partial charge in [0.05, 0.1) is 0 Å². The molecule has 0 aliphatic heterocycles. The molecule has 5 nitrogen and oxygen atoms in total. The molecule has 0 radical (unpaired) electrons. The molecule has 0 rings (SSSR count). The zero-order valence-electron chi connectivity index (χ0n) is 7.91. The average molecular weight is 223 g/mol. The molecule has 80 valence electrons. The van der Waals surface area contributed by atoms with Crippen LogP contribution in [0.1, 0.15) is 13.8 Å². The number of alkyl halides is 1. The molecule has 0 aromatic rings. The highest BCUT2D eigenvalue weighted by molar-refractivity contribution is 6.17. The molecule has 0 aliphatic rings. The molecule has 0 amide bonds. The van der Waals surface area contributed by atoms with Crippen molar-refractivity contribution in [1.29, 1.82) is 0 Å². The van der Waals surface area contributed by atoms with Crippen LogP contribution in [0.5, 0.6) is 0 Å². The summed E-state index contributed by atoms with van der Waals surface area (Å²) >= 11 is 5.09. The smallest absolute Gasteiger partial charge is 0.422 e. The van der Waals surface area contributed by atoms with Gasteiger partial charge in [0.2, 0.25) is 6.29 Å². The van der Waals surface area contributed by atoms with Gasteiger partial charge in [-0.05, 0) is 6.92 Å². The van der Waals surface area contributed by atoms with Crippen molar-refractivity contribution in [1.82, 2.24) is 0 Å². The Morgan fingerprint density at radius 1 is 1.43 bits per heavy atom. The topological polar surface area (TPSA) is 61.8 Å². The van der Waals surface area contributed by atoms with Gasteiger partial charge < -0.3 is 14.2 Å². The molecule has 1 atom stereocenters. The third-order valence-corrected chi connectivity index (χ3v) is 1.17. The second-order valence-electron chi connectivity index (χ2n) is 2.37. The summed E-state index contributed by atoms with van der Waals surface area (Å²) in [6.07, 6.45) is -2.03. The molecule has 0 fully saturated rings. The summed E-state index contributed by atoms with van der Waals surface area (Å²) in [5.74, 6) is -0.642. The van der Waals surface area contributed by atoms with Crippen LogP contribution in [0.2, 0.25) is 0 Å². The molecular weight excluding hydrogens is 212 g/mol. The number of rotatable bonds is 4. The minimum Gasteiger partial charge on any atom is -0.422 e. The van der Waals surface area contributed by atoms with Crippen molar-refractivity contribution in [3.8, 4) is 0 Å². The van der Waals surface area contributed by atoms with Crippen LogP contribution < -0.4 is 0 Å². The van der Waals surface area contributed by atoms with E-state index in [9.17, 15) is 9.59 Å². The Morgan fingerprint density at radius 2 is 2.00 bits per heavy atom. The molecule has 6 heteroatoms. The maximum atomic E-state index is 10.9. The fourth-order valence-corrected chi connectivity index (χ4v) is 0.579. The van der Waals surface area contributed by atoms with Crippen LogP contribution >= 0.6 is 11.6 Å². The summed E-state index contributed by atoms with van der Waals surface area (Å²) < 4.78 is 13.4. The normalized spacial score (nSPS) is 11.4. The first kappa shape index (κ1) is 12.8. The van der Waals surface area contributed by atoms with Crippen molar-refractivity contribution < 1.29 is 23.8 Å². The van der Waals surface area contributed by atoms with Crippen molar-refractivity contribution in [2.24, 2.45) is 0 Å². The van der Waals surface area contributed by atoms with Gasteiger partial charge >= 0.3 is 12.1 Å². The number of carbonyl (C=O) groups is 2. The van der Waals surface area contributed by atoms with Crippen molar-refractivity contribution in [3.05, 3.63) is 12.2 Å². The lowest BCUT2D eigenvalue weighted by atomic mass is 10.4. The summed E-state index contributed by atoms with van der Waals surface area (Å²) in [6.45, 7) is 6.21. The molecule has 0 aromatic carbocycles. The zero-order chi connectivity index (χ0) is 11.1. The maximum Gasteiger partial charge on any atom is 0.512 e. The highest BCUT2D eigenvalue weighted by Gasteiger charge is 2.14. The van der Waals surface area contributed by atoms with E-state index in [2.05, 4.69) is 20.8 Å². The SMILES string of the molecule is C=C(C)C(=O)OC(C)OC(=O)OCCl. The molecule has 0 aliphatic carbocycles. The second kappa shape index (κ2) is 6.26. The molecule has 0 N–H and O–H groups in total. The van der Waals surface area contributed by atoms with Gasteiger partial charge in [0, 0.05) is 12.5 Å². The van der Waals surface area contributed by atoms with E-state index in [0.29, 0.717) is 0 Å². The van der Waals surface area contributed by atoms with Crippen LogP contribution in [0, 0.1) is 0 Å². The third kappa shape index (κ3) is 5.42. The molecule has 1 unspecified atom stereocenters. The summed E-state index contributed by atoms with van der Waals surface area (Å²) in [5, 5.41) is 0. The Balaban J connectivity index is 3.86. The molecule has 0 saturated heterocycles. The van der Waals surface area contributed by atoms with Crippen molar-refractivity contribution in [2.45, 2.75) is 20.1 Å². The lowest BCUT2D eigenvalue weighted by Crippen LogP contribution is -2.22. The van der Waals surface area contributed by atoms with Crippen molar-refractivity contribution >= 4 is 23.7 Å². The summed E-state index contributed by atoms with van der Waals surface area (Å²) in [5.41, 5.74) is 0.214. The van der Waals surface area contributed by atoms with E-state index in [-0.39, 0.29) is 11.6 Å². The summed E-state index contributed by atoms with van der Waals surface area (Å²) in [4.78, 5) is 21.6. The van der Waals surface area contributed by atoms with E-state index < -0.39 is 18.4 Å². The van der Waals surface area contributed by atoms with Crippen LogP contribution in [-0.2, 0) is 19.0 Å². The van der Waals surface area contributed by atoms with Crippen LogP contribution in [0.3, 0.4) is 0 Å². The first-order chi connectivity index (χ1) is 6.47. The second-order valence-corrected chi connectivity index (χ2v) is 2.59. The number of hydrogen-bond donors (Lipinski definition) is 0. The van der Waals surface area contributed by atoms with Gasteiger partial charge in [0.25, 0.3) is 0 Å². The lowest BCUT2D eigenvalue weighted by molar-refractivity contribution is -0.162. The number of halogens is 1. The van der Waals surface area contributed by atoms with Crippen LogP contribution in [0.15, 0.2) is 12.2 Å². The molecule has 0 bridgehead atoms. The molecular formula is C8H11ClO5. The highest BCUT2D eigenvalue weighted by atomic mass is 35.5. The van der Waals surface area contributed by atoms with Crippen LogP contribution in [0.25, 0.3) is 0 Å². The number of hydrogen-bond acceptors (Lipinski definition) is 5. The molecule has 14 heavy (non-hydrogen) atoms. The number of ether oxygens (including phenoxy) is 3. The predicted molar refractivity (Wildman–Crippen MR) is 48.7 cm³/mol. The molecule has 0 spiro atoms. The van der Waals surface area contributed by atoms with Crippen LogP contribution in [0.4, 0.5) is 4.79 Å². The van der Waals surface area contributed by atoms with Gasteiger partial charge in [-0.3, -0.25) is 0 Å². The Morgan fingerprint density at radius 3 is 2.43 bits per heavy atom. The fourth-order valence-electron chi connectivity index (χ4n) is 0.489. The van der Waals surface area contributed by atoms with E-state index in [1.165, 1.54) is 13.8 Å². The first-order valence-corrected chi connectivity index (χ1v) is 4.26. The quantitative estimate of drug-likeness (QED) is 0.314. The van der Waals surface area contributed by atoms with Gasteiger partial charge in [-0.2, -0.15) is 0 Å². The summed E-state index contributed by atoms with van der Waals surface area (Å²) in [6, 6.07) is -0.319. The minimum atomic E-state index is -1.03. The lowest BCUT2D eigenvalue weighted by Gasteiger charge is -2.12. The minimum absolute atomic E-state index is 0.214. The molecule has 0 saturated carbocycles. The Labute approximate surface area is 86.6 Å². The van der Waals surface area contributed by atoms with E-state index in [1.807, 2.05) is 0 Å². The number of esters is 1. The van der Waals surface area contributed by atoms with E-state index in [1.54, 1.807) is 0 Å². The maximum absolute atomic E-state index is 10.9. The zero-order valence-corrected chi connectivity index (χ0v) is 8.67. The monoisotopic (exact) mass is 222 g/mol. The first-order valence-electron chi connectivity index (χ1n) is 3.73. The molecule has 0 heterocycles. The third-order valence-electron chi connectivity index (χ3n) is 1.06. The van der Waals surface area contributed by atoms with Crippen LogP contribution in [-0.4, -0.2) is 24.5 Å². The standard InChI is InChI=1S/C8H11ClO5/c1-5(2)7(10)13-6(3)14-8(11)12-4-9/h6H,1,4H2,2-3H3. The average Bonchev–Trinajstić information content (AvgIpc) is 2.03. The van der Waals surface area contributed by atoms with Crippen molar-refractivity contribution in [2.75, 3.05) is 6.07 Å². The Hall–Kier alpha value is -1.23. The van der Waals surface area contributed by atoms with Gasteiger partial charge in [-0.15, -0.1) is 0 Å². The van der Waals surface area contributed by atoms with Crippen molar-refractivity contribution in [3.63, 3.8) is 0 Å². The van der Waals surface area contributed by atoms with E-state index >= 15 is 0 Å². The number of carbonyl (C=O) groups excluding carboxylic acids is 2. The fraction of sp³-hybridized carbons (Fsp3) is 0.500.